The fourth-order valence-corrected chi connectivity index (χ4v) is 2.06. The first-order chi connectivity index (χ1) is 8.50. The highest BCUT2D eigenvalue weighted by Crippen LogP contribution is 2.22. The molecule has 0 heterocycles. The van der Waals surface area contributed by atoms with E-state index in [1.807, 2.05) is 0 Å². The van der Waals surface area contributed by atoms with Crippen LogP contribution in [0.2, 0.25) is 0 Å². The molecule has 0 radical (unpaired) electrons. The minimum Gasteiger partial charge on any atom is -0.310 e. The molecule has 1 rings (SSSR count). The van der Waals surface area contributed by atoms with Gasteiger partial charge in [0.05, 0.1) is 0 Å². The Hall–Kier alpha value is -0.820. The zero-order valence-corrected chi connectivity index (χ0v) is 12.6. The van der Waals surface area contributed by atoms with Crippen molar-refractivity contribution in [2.75, 3.05) is 6.54 Å². The SMILES string of the molecule is CC(C)CC(NCC(C)C(C)C)c1ccccc1. The molecule has 0 spiro atoms. The lowest BCUT2D eigenvalue weighted by Gasteiger charge is -2.24. The van der Waals surface area contributed by atoms with Gasteiger partial charge in [-0.25, -0.2) is 0 Å². The molecule has 1 aromatic carbocycles. The standard InChI is InChI=1S/C17H29N/c1-13(2)11-17(16-9-7-6-8-10-16)18-12-15(5)14(3)4/h6-10,13-15,17-18H,11-12H2,1-5H3. The number of nitrogens with one attached hydrogen (secondary N) is 1. The van der Waals surface area contributed by atoms with Gasteiger partial charge in [-0.05, 0) is 36.3 Å². The molecule has 18 heavy (non-hydrogen) atoms. The highest BCUT2D eigenvalue weighted by atomic mass is 14.9. The first-order valence-electron chi connectivity index (χ1n) is 7.29. The van der Waals surface area contributed by atoms with E-state index in [9.17, 15) is 0 Å². The molecule has 1 nitrogen and oxygen atoms in total. The average molecular weight is 247 g/mol. The maximum absolute atomic E-state index is 3.75. The smallest absolute Gasteiger partial charge is 0.0322 e. The van der Waals surface area contributed by atoms with E-state index in [1.165, 1.54) is 12.0 Å². The van der Waals surface area contributed by atoms with Crippen LogP contribution >= 0.6 is 0 Å². The Balaban J connectivity index is 2.62. The first kappa shape index (κ1) is 15.2. The molecule has 1 heteroatoms. The van der Waals surface area contributed by atoms with Gasteiger partial charge in [-0.2, -0.15) is 0 Å². The molecule has 0 amide bonds. The second kappa shape index (κ2) is 7.58. The maximum Gasteiger partial charge on any atom is 0.0322 e. The number of hydrogen-bond acceptors (Lipinski definition) is 1. The summed E-state index contributed by atoms with van der Waals surface area (Å²) >= 11 is 0. The van der Waals surface area contributed by atoms with Gasteiger partial charge >= 0.3 is 0 Å². The summed E-state index contributed by atoms with van der Waals surface area (Å²) in [4.78, 5) is 0. The Morgan fingerprint density at radius 2 is 1.56 bits per heavy atom. The van der Waals surface area contributed by atoms with E-state index < -0.39 is 0 Å². The van der Waals surface area contributed by atoms with E-state index in [0.29, 0.717) is 6.04 Å². The van der Waals surface area contributed by atoms with Gasteiger partial charge in [0, 0.05) is 6.04 Å². The summed E-state index contributed by atoms with van der Waals surface area (Å²) in [6, 6.07) is 11.3. The van der Waals surface area contributed by atoms with Crippen molar-refractivity contribution >= 4 is 0 Å². The van der Waals surface area contributed by atoms with Crippen molar-refractivity contribution in [1.82, 2.24) is 5.32 Å². The molecular weight excluding hydrogens is 218 g/mol. The van der Waals surface area contributed by atoms with Crippen LogP contribution in [0, 0.1) is 17.8 Å². The lowest BCUT2D eigenvalue weighted by Crippen LogP contribution is -2.29. The lowest BCUT2D eigenvalue weighted by atomic mass is 9.94. The van der Waals surface area contributed by atoms with E-state index in [1.54, 1.807) is 0 Å². The summed E-state index contributed by atoms with van der Waals surface area (Å²) in [6.07, 6.45) is 1.20. The minimum absolute atomic E-state index is 0.493. The van der Waals surface area contributed by atoms with Crippen molar-refractivity contribution in [1.29, 1.82) is 0 Å². The second-order valence-corrected chi connectivity index (χ2v) is 6.22. The molecule has 0 aromatic heterocycles. The fraction of sp³-hybridized carbons (Fsp3) is 0.647. The van der Waals surface area contributed by atoms with Crippen LogP contribution in [-0.2, 0) is 0 Å². The van der Waals surface area contributed by atoms with Crippen LogP contribution in [0.3, 0.4) is 0 Å². The van der Waals surface area contributed by atoms with Crippen LogP contribution < -0.4 is 5.32 Å². The summed E-state index contributed by atoms with van der Waals surface area (Å²) in [5, 5.41) is 3.75. The van der Waals surface area contributed by atoms with Crippen LogP contribution in [0.25, 0.3) is 0 Å². The summed E-state index contributed by atoms with van der Waals surface area (Å²) in [5.41, 5.74) is 1.42. The molecular formula is C17H29N. The van der Waals surface area contributed by atoms with Gasteiger partial charge in [0.25, 0.3) is 0 Å². The molecule has 102 valence electrons. The van der Waals surface area contributed by atoms with Crippen molar-refractivity contribution < 1.29 is 0 Å². The molecule has 0 bridgehead atoms. The summed E-state index contributed by atoms with van der Waals surface area (Å²) in [6.45, 7) is 12.6. The molecule has 2 atom stereocenters. The quantitative estimate of drug-likeness (QED) is 0.739. The van der Waals surface area contributed by atoms with Gasteiger partial charge < -0.3 is 5.32 Å². The normalized spacial score (nSPS) is 15.1. The van der Waals surface area contributed by atoms with E-state index in [4.69, 9.17) is 0 Å². The highest BCUT2D eigenvalue weighted by molar-refractivity contribution is 5.18. The third-order valence-electron chi connectivity index (χ3n) is 3.73. The highest BCUT2D eigenvalue weighted by Gasteiger charge is 2.15. The fourth-order valence-electron chi connectivity index (χ4n) is 2.06. The predicted octanol–water partition coefficient (Wildman–Crippen LogP) is 4.66. The van der Waals surface area contributed by atoms with Gasteiger partial charge in [-0.1, -0.05) is 65.0 Å². The molecule has 0 aliphatic heterocycles. The number of hydrogen-bond donors (Lipinski definition) is 1. The van der Waals surface area contributed by atoms with Crippen molar-refractivity contribution in [2.24, 2.45) is 17.8 Å². The van der Waals surface area contributed by atoms with Gasteiger partial charge in [-0.3, -0.25) is 0 Å². The van der Waals surface area contributed by atoms with Crippen molar-refractivity contribution in [3.8, 4) is 0 Å². The van der Waals surface area contributed by atoms with Gasteiger partial charge in [-0.15, -0.1) is 0 Å². The topological polar surface area (TPSA) is 12.0 Å². The van der Waals surface area contributed by atoms with Crippen molar-refractivity contribution in [3.05, 3.63) is 35.9 Å². The predicted molar refractivity (Wildman–Crippen MR) is 80.6 cm³/mol. The molecule has 0 saturated heterocycles. The van der Waals surface area contributed by atoms with E-state index in [2.05, 4.69) is 70.3 Å². The molecule has 0 aliphatic carbocycles. The summed E-state index contributed by atoms with van der Waals surface area (Å²) in [5.74, 6) is 2.19. The maximum atomic E-state index is 3.75. The number of rotatable bonds is 7. The largest absolute Gasteiger partial charge is 0.310 e. The monoisotopic (exact) mass is 247 g/mol. The van der Waals surface area contributed by atoms with Crippen LogP contribution in [0.5, 0.6) is 0 Å². The third-order valence-corrected chi connectivity index (χ3v) is 3.73. The molecule has 0 fully saturated rings. The molecule has 1 N–H and O–H groups in total. The van der Waals surface area contributed by atoms with E-state index in [0.717, 1.165) is 24.3 Å². The first-order valence-corrected chi connectivity index (χ1v) is 7.29. The zero-order chi connectivity index (χ0) is 13.5. The Labute approximate surface area is 113 Å². The van der Waals surface area contributed by atoms with Crippen LogP contribution in [0.15, 0.2) is 30.3 Å². The molecule has 2 unspecified atom stereocenters. The molecule has 1 aromatic rings. The van der Waals surface area contributed by atoms with Gasteiger partial charge in [0.1, 0.15) is 0 Å². The third kappa shape index (κ3) is 5.22. The minimum atomic E-state index is 0.493. The molecule has 0 aliphatic rings. The Bertz CT molecular complexity index is 316. The van der Waals surface area contributed by atoms with Gasteiger partial charge in [0.15, 0.2) is 0 Å². The molecule has 0 saturated carbocycles. The zero-order valence-electron chi connectivity index (χ0n) is 12.6. The second-order valence-electron chi connectivity index (χ2n) is 6.22. The average Bonchev–Trinajstić information content (AvgIpc) is 2.34. The van der Waals surface area contributed by atoms with E-state index >= 15 is 0 Å². The summed E-state index contributed by atoms with van der Waals surface area (Å²) < 4.78 is 0. The Kier molecular flexibility index (Phi) is 6.42. The van der Waals surface area contributed by atoms with Crippen LogP contribution in [0.4, 0.5) is 0 Å². The lowest BCUT2D eigenvalue weighted by molar-refractivity contribution is 0.346. The van der Waals surface area contributed by atoms with Gasteiger partial charge in [0.2, 0.25) is 0 Å². The van der Waals surface area contributed by atoms with Crippen LogP contribution in [-0.4, -0.2) is 6.54 Å². The summed E-state index contributed by atoms with van der Waals surface area (Å²) in [7, 11) is 0. The van der Waals surface area contributed by atoms with E-state index in [-0.39, 0.29) is 0 Å². The number of benzene rings is 1. The Morgan fingerprint density at radius 1 is 0.944 bits per heavy atom. The van der Waals surface area contributed by atoms with Crippen LogP contribution in [0.1, 0.15) is 52.6 Å². The van der Waals surface area contributed by atoms with Crippen molar-refractivity contribution in [2.45, 2.75) is 47.1 Å². The Morgan fingerprint density at radius 3 is 2.06 bits per heavy atom. The van der Waals surface area contributed by atoms with Crippen molar-refractivity contribution in [3.63, 3.8) is 0 Å².